The molecule has 0 aliphatic heterocycles. The maximum absolute atomic E-state index is 14.5. The standard InChI is InChI=1S/C59H61N7O4/c1-8-41-22-16-20-28-53(41)65(10-3)59(67)52-39-44-25-15-19-27-51(44)56(58(52)69-13-6)63-61-47-32-36-49(37-33-47)64(7)48-34-30-46(31-35-48)60-62-55-50-26-18-14-24-43(50)38-45(57(55)68-12-5)40-70-66(11-4)54-29-21-17-23-42(54)9-2/h14-39H,8-13,40H2,1-7H3. The zero-order chi connectivity index (χ0) is 49.0. The number of hydrogen-bond donors (Lipinski definition) is 0. The number of hydrogen-bond acceptors (Lipinski definition) is 10. The SMILES string of the molecule is CCOc1c(CON(CC)c2ccccc2CC)cc2ccccc2c1N=Nc1ccc(N(C)c2ccc(N=Nc3c(OCC)c(C(=O)N(CC)c4ccccc4CC)cc4ccccc34)cc2)cc1. The Morgan fingerprint density at radius 2 is 0.986 bits per heavy atom. The zero-order valence-electron chi connectivity index (χ0n) is 41.2. The van der Waals surface area contributed by atoms with Crippen LogP contribution in [0.3, 0.4) is 0 Å². The van der Waals surface area contributed by atoms with Crippen molar-refractivity contribution in [3.8, 4) is 11.5 Å². The van der Waals surface area contributed by atoms with Crippen LogP contribution in [0.1, 0.15) is 68.6 Å². The van der Waals surface area contributed by atoms with Gasteiger partial charge >= 0.3 is 0 Å². The topological polar surface area (TPSA) is 104 Å². The first-order valence-electron chi connectivity index (χ1n) is 24.3. The quantitative estimate of drug-likeness (QED) is 0.0557. The van der Waals surface area contributed by atoms with E-state index in [1.165, 1.54) is 5.56 Å². The third-order valence-electron chi connectivity index (χ3n) is 12.4. The Hall–Kier alpha value is -7.89. The molecule has 0 radical (unpaired) electrons. The number of hydroxylamine groups is 1. The Labute approximate surface area is 411 Å². The minimum atomic E-state index is -0.151. The van der Waals surface area contributed by atoms with Gasteiger partial charge in [-0.1, -0.05) is 98.8 Å². The molecule has 0 aliphatic rings. The minimum Gasteiger partial charge on any atom is -0.491 e. The summed E-state index contributed by atoms with van der Waals surface area (Å²) in [6.07, 6.45) is 1.71. The van der Waals surface area contributed by atoms with Crippen LogP contribution in [0.25, 0.3) is 21.5 Å². The Balaban J connectivity index is 1.02. The molecular formula is C59H61N7O4. The van der Waals surface area contributed by atoms with Crippen molar-refractivity contribution in [1.29, 1.82) is 0 Å². The van der Waals surface area contributed by atoms with Gasteiger partial charge in [-0.15, -0.1) is 10.2 Å². The molecule has 0 bridgehead atoms. The molecule has 0 aliphatic carbocycles. The summed E-state index contributed by atoms with van der Waals surface area (Å²) in [5.74, 6) is 0.918. The second-order valence-electron chi connectivity index (χ2n) is 16.6. The molecule has 0 aromatic heterocycles. The summed E-state index contributed by atoms with van der Waals surface area (Å²) in [5, 5.41) is 24.7. The van der Waals surface area contributed by atoms with Crippen LogP contribution in [0.2, 0.25) is 0 Å². The van der Waals surface area contributed by atoms with Gasteiger partial charge in [-0.25, -0.2) is 0 Å². The van der Waals surface area contributed by atoms with Gasteiger partial charge < -0.3 is 19.3 Å². The number of benzene rings is 8. The van der Waals surface area contributed by atoms with E-state index in [0.717, 1.165) is 68.3 Å². The number of nitrogens with zero attached hydrogens (tertiary/aromatic N) is 7. The molecule has 8 rings (SSSR count). The number of aryl methyl sites for hydroxylation is 2. The molecule has 1 amide bonds. The summed E-state index contributed by atoms with van der Waals surface area (Å²) in [5.41, 5.74) is 10.1. The molecule has 356 valence electrons. The summed E-state index contributed by atoms with van der Waals surface area (Å²) in [7, 11) is 2.02. The van der Waals surface area contributed by atoms with Gasteiger partial charge in [0.25, 0.3) is 5.91 Å². The smallest absolute Gasteiger partial charge is 0.262 e. The number of fused-ring (bicyclic) bond motifs is 2. The van der Waals surface area contributed by atoms with Crippen LogP contribution in [0.15, 0.2) is 178 Å². The van der Waals surface area contributed by atoms with E-state index in [0.29, 0.717) is 72.7 Å². The van der Waals surface area contributed by atoms with Gasteiger partial charge in [0.05, 0.1) is 35.8 Å². The number of azo groups is 2. The Morgan fingerprint density at radius 1 is 0.500 bits per heavy atom. The highest BCUT2D eigenvalue weighted by atomic mass is 16.7. The summed E-state index contributed by atoms with van der Waals surface area (Å²) in [6, 6.07) is 52.3. The highest BCUT2D eigenvalue weighted by Crippen LogP contribution is 2.43. The lowest BCUT2D eigenvalue weighted by Crippen LogP contribution is -2.31. The van der Waals surface area contributed by atoms with Crippen LogP contribution in [0.4, 0.5) is 45.5 Å². The van der Waals surface area contributed by atoms with E-state index in [-0.39, 0.29) is 5.91 Å². The minimum absolute atomic E-state index is 0.151. The third-order valence-corrected chi connectivity index (χ3v) is 12.4. The van der Waals surface area contributed by atoms with Gasteiger partial charge in [0.1, 0.15) is 18.0 Å². The van der Waals surface area contributed by atoms with Gasteiger partial charge in [0, 0.05) is 53.5 Å². The van der Waals surface area contributed by atoms with Crippen LogP contribution in [-0.2, 0) is 24.3 Å². The van der Waals surface area contributed by atoms with E-state index in [2.05, 4.69) is 62.1 Å². The molecule has 0 saturated carbocycles. The molecule has 0 heterocycles. The van der Waals surface area contributed by atoms with Crippen molar-refractivity contribution in [3.63, 3.8) is 0 Å². The maximum Gasteiger partial charge on any atom is 0.262 e. The van der Waals surface area contributed by atoms with Crippen molar-refractivity contribution >= 4 is 73.0 Å². The van der Waals surface area contributed by atoms with Gasteiger partial charge in [-0.3, -0.25) is 14.7 Å². The predicted octanol–water partition coefficient (Wildman–Crippen LogP) is 16.1. The van der Waals surface area contributed by atoms with Crippen molar-refractivity contribution in [1.82, 2.24) is 0 Å². The monoisotopic (exact) mass is 931 g/mol. The first kappa shape index (κ1) is 48.6. The van der Waals surface area contributed by atoms with Crippen molar-refractivity contribution in [2.75, 3.05) is 48.2 Å². The van der Waals surface area contributed by atoms with E-state index in [1.807, 2.05) is 159 Å². The first-order chi connectivity index (χ1) is 34.3. The number of para-hydroxylation sites is 2. The van der Waals surface area contributed by atoms with Gasteiger partial charge in [0.2, 0.25) is 0 Å². The molecule has 0 spiro atoms. The van der Waals surface area contributed by atoms with Gasteiger partial charge in [-0.2, -0.15) is 10.2 Å². The van der Waals surface area contributed by atoms with E-state index >= 15 is 0 Å². The lowest BCUT2D eigenvalue weighted by atomic mass is 10.0. The number of anilines is 4. The van der Waals surface area contributed by atoms with Crippen molar-refractivity contribution in [2.24, 2.45) is 20.5 Å². The second kappa shape index (κ2) is 22.9. The lowest BCUT2D eigenvalue weighted by molar-refractivity contribution is 0.0950. The molecule has 70 heavy (non-hydrogen) atoms. The van der Waals surface area contributed by atoms with Gasteiger partial charge in [0.15, 0.2) is 11.5 Å². The Kier molecular flexibility index (Phi) is 15.9. The molecule has 0 unspecified atom stereocenters. The molecule has 8 aromatic carbocycles. The summed E-state index contributed by atoms with van der Waals surface area (Å²) in [6.45, 7) is 14.5. The molecule has 11 heteroatoms. The van der Waals surface area contributed by atoms with E-state index in [4.69, 9.17) is 34.8 Å². The van der Waals surface area contributed by atoms with Crippen molar-refractivity contribution in [3.05, 3.63) is 180 Å². The Bertz CT molecular complexity index is 3130. The van der Waals surface area contributed by atoms with Crippen LogP contribution >= 0.6 is 0 Å². The highest BCUT2D eigenvalue weighted by molar-refractivity contribution is 6.13. The lowest BCUT2D eigenvalue weighted by Gasteiger charge is -2.25. The van der Waals surface area contributed by atoms with E-state index in [9.17, 15) is 4.79 Å². The fourth-order valence-electron chi connectivity index (χ4n) is 8.76. The average molecular weight is 932 g/mol. The van der Waals surface area contributed by atoms with E-state index < -0.39 is 0 Å². The fraction of sp³-hybridized carbons (Fsp3) is 0.237. The Morgan fingerprint density at radius 3 is 1.53 bits per heavy atom. The second-order valence-corrected chi connectivity index (χ2v) is 16.6. The number of rotatable bonds is 20. The predicted molar refractivity (Wildman–Crippen MR) is 286 cm³/mol. The molecule has 8 aromatic rings. The van der Waals surface area contributed by atoms with Gasteiger partial charge in [-0.05, 0) is 135 Å². The van der Waals surface area contributed by atoms with Crippen LogP contribution < -0.4 is 24.3 Å². The van der Waals surface area contributed by atoms with Crippen LogP contribution in [0, 0.1) is 0 Å². The van der Waals surface area contributed by atoms with E-state index in [1.54, 1.807) is 0 Å². The maximum atomic E-state index is 14.5. The molecule has 11 nitrogen and oxygen atoms in total. The molecule has 0 saturated heterocycles. The fourth-order valence-corrected chi connectivity index (χ4v) is 8.76. The third kappa shape index (κ3) is 10.5. The summed E-state index contributed by atoms with van der Waals surface area (Å²) >= 11 is 0. The zero-order valence-corrected chi connectivity index (χ0v) is 41.2. The van der Waals surface area contributed by atoms with Crippen LogP contribution in [-0.4, -0.2) is 39.3 Å². The van der Waals surface area contributed by atoms with Crippen LogP contribution in [0.5, 0.6) is 11.5 Å². The normalized spacial score (nSPS) is 11.5. The largest absolute Gasteiger partial charge is 0.491 e. The molecule has 0 atom stereocenters. The first-order valence-corrected chi connectivity index (χ1v) is 24.3. The summed E-state index contributed by atoms with van der Waals surface area (Å²) < 4.78 is 12.6. The number of carbonyl (C=O) groups is 1. The molecule has 0 N–H and O–H groups in total. The molecular weight excluding hydrogens is 871 g/mol. The number of amides is 1. The average Bonchev–Trinajstić information content (AvgIpc) is 3.41. The van der Waals surface area contributed by atoms with Crippen molar-refractivity contribution < 1.29 is 19.1 Å². The molecule has 0 fully saturated rings. The number of ether oxygens (including phenoxy) is 2. The number of carbonyl (C=O) groups excluding carboxylic acids is 1. The highest BCUT2D eigenvalue weighted by Gasteiger charge is 2.26. The summed E-state index contributed by atoms with van der Waals surface area (Å²) in [4.78, 5) is 24.9. The van der Waals surface area contributed by atoms with Crippen molar-refractivity contribution in [2.45, 2.75) is 61.0 Å².